The predicted molar refractivity (Wildman–Crippen MR) is 72.8 cm³/mol. The number of aryl methyl sites for hydroxylation is 1. The van der Waals surface area contributed by atoms with E-state index in [1.54, 1.807) is 6.92 Å². The fourth-order valence-corrected chi connectivity index (χ4v) is 1.90. The molecule has 6 heteroatoms. The second kappa shape index (κ2) is 5.46. The zero-order valence-corrected chi connectivity index (χ0v) is 11.1. The van der Waals surface area contributed by atoms with Crippen LogP contribution >= 0.6 is 11.6 Å². The number of benzene rings is 2. The molecule has 104 valence electrons. The van der Waals surface area contributed by atoms with Crippen molar-refractivity contribution in [2.24, 2.45) is 0 Å². The maximum absolute atomic E-state index is 13.3. The molecule has 2 rings (SSSR count). The molecule has 0 spiro atoms. The molecule has 0 heterocycles. The highest BCUT2D eigenvalue weighted by molar-refractivity contribution is 6.31. The summed E-state index contributed by atoms with van der Waals surface area (Å²) in [7, 11) is 0. The SMILES string of the molecule is Cc1cc(F)ccc1Nc1cc(Cl)c(F)cc1C(=O)O. The number of halogens is 3. The van der Waals surface area contributed by atoms with Crippen LogP contribution in [0.2, 0.25) is 5.02 Å². The van der Waals surface area contributed by atoms with Crippen molar-refractivity contribution in [1.82, 2.24) is 0 Å². The topological polar surface area (TPSA) is 49.3 Å². The van der Waals surface area contributed by atoms with Gasteiger partial charge in [-0.15, -0.1) is 0 Å². The van der Waals surface area contributed by atoms with Crippen molar-refractivity contribution >= 4 is 28.9 Å². The molecule has 0 fully saturated rings. The van der Waals surface area contributed by atoms with Gasteiger partial charge in [0.05, 0.1) is 16.3 Å². The fraction of sp³-hybridized carbons (Fsp3) is 0.0714. The number of hydrogen-bond donors (Lipinski definition) is 2. The number of nitrogens with one attached hydrogen (secondary N) is 1. The second-order valence-corrected chi connectivity index (χ2v) is 4.61. The molecule has 0 saturated heterocycles. The van der Waals surface area contributed by atoms with Gasteiger partial charge < -0.3 is 10.4 Å². The summed E-state index contributed by atoms with van der Waals surface area (Å²) < 4.78 is 26.3. The van der Waals surface area contributed by atoms with Gasteiger partial charge in [-0.2, -0.15) is 0 Å². The van der Waals surface area contributed by atoms with Crippen molar-refractivity contribution in [3.63, 3.8) is 0 Å². The van der Waals surface area contributed by atoms with Gasteiger partial charge in [0, 0.05) is 5.69 Å². The molecule has 0 radical (unpaired) electrons. The Labute approximate surface area is 118 Å². The predicted octanol–water partition coefficient (Wildman–Crippen LogP) is 4.37. The standard InChI is InChI=1S/C14H10ClF2NO2/c1-7-4-8(16)2-3-12(7)18-13-6-10(15)11(17)5-9(13)14(19)20/h2-6,18H,1H3,(H,19,20). The van der Waals surface area contributed by atoms with Gasteiger partial charge in [-0.05, 0) is 42.8 Å². The molecule has 2 aromatic carbocycles. The lowest BCUT2D eigenvalue weighted by atomic mass is 10.1. The molecule has 20 heavy (non-hydrogen) atoms. The minimum absolute atomic E-state index is 0.138. The van der Waals surface area contributed by atoms with Crippen LogP contribution in [0.15, 0.2) is 30.3 Å². The third kappa shape index (κ3) is 2.88. The van der Waals surface area contributed by atoms with Crippen LogP contribution in [0, 0.1) is 18.6 Å². The summed E-state index contributed by atoms with van der Waals surface area (Å²) in [5.74, 6) is -2.50. The maximum atomic E-state index is 13.3. The van der Waals surface area contributed by atoms with Gasteiger partial charge in [0.25, 0.3) is 0 Å². The molecule has 0 amide bonds. The molecule has 0 aliphatic heterocycles. The number of hydrogen-bond acceptors (Lipinski definition) is 2. The van der Waals surface area contributed by atoms with Crippen molar-refractivity contribution in [2.45, 2.75) is 6.92 Å². The van der Waals surface area contributed by atoms with Crippen LogP contribution in [0.25, 0.3) is 0 Å². The quantitative estimate of drug-likeness (QED) is 0.884. The Morgan fingerprint density at radius 2 is 1.90 bits per heavy atom. The maximum Gasteiger partial charge on any atom is 0.337 e. The van der Waals surface area contributed by atoms with E-state index in [1.807, 2.05) is 0 Å². The van der Waals surface area contributed by atoms with E-state index in [0.29, 0.717) is 11.3 Å². The average Bonchev–Trinajstić information content (AvgIpc) is 2.36. The molecule has 0 atom stereocenters. The summed E-state index contributed by atoms with van der Waals surface area (Å²) in [4.78, 5) is 11.1. The molecular formula is C14H10ClF2NO2. The summed E-state index contributed by atoms with van der Waals surface area (Å²) in [5, 5.41) is 11.7. The Kier molecular flexibility index (Phi) is 3.90. The number of carbonyl (C=O) groups is 1. The first kappa shape index (κ1) is 14.3. The smallest absolute Gasteiger partial charge is 0.337 e. The van der Waals surface area contributed by atoms with Crippen molar-refractivity contribution in [1.29, 1.82) is 0 Å². The van der Waals surface area contributed by atoms with Gasteiger partial charge in [-0.3, -0.25) is 0 Å². The Morgan fingerprint density at radius 3 is 2.50 bits per heavy atom. The highest BCUT2D eigenvalue weighted by atomic mass is 35.5. The summed E-state index contributed by atoms with van der Waals surface area (Å²) in [6.07, 6.45) is 0. The molecule has 0 saturated carbocycles. The normalized spacial score (nSPS) is 10.4. The Morgan fingerprint density at radius 1 is 1.20 bits per heavy atom. The first-order valence-corrected chi connectivity index (χ1v) is 6.02. The second-order valence-electron chi connectivity index (χ2n) is 4.20. The van der Waals surface area contributed by atoms with E-state index in [0.717, 1.165) is 6.07 Å². The number of anilines is 2. The van der Waals surface area contributed by atoms with Crippen molar-refractivity contribution < 1.29 is 18.7 Å². The third-order valence-corrected chi connectivity index (χ3v) is 3.04. The van der Waals surface area contributed by atoms with Gasteiger partial charge >= 0.3 is 5.97 Å². The Balaban J connectivity index is 2.47. The van der Waals surface area contributed by atoms with E-state index >= 15 is 0 Å². The van der Waals surface area contributed by atoms with Crippen LogP contribution in [0.5, 0.6) is 0 Å². The van der Waals surface area contributed by atoms with Crippen LogP contribution in [0.3, 0.4) is 0 Å². The van der Waals surface area contributed by atoms with Crippen LogP contribution in [-0.2, 0) is 0 Å². The molecule has 0 bridgehead atoms. The summed E-state index contributed by atoms with van der Waals surface area (Å²) in [5.41, 5.74) is 0.979. The minimum Gasteiger partial charge on any atom is -0.478 e. The van der Waals surface area contributed by atoms with Gasteiger partial charge in [0.2, 0.25) is 0 Å². The highest BCUT2D eigenvalue weighted by Gasteiger charge is 2.15. The molecule has 0 aliphatic rings. The van der Waals surface area contributed by atoms with Crippen molar-refractivity contribution in [3.8, 4) is 0 Å². The van der Waals surface area contributed by atoms with E-state index in [9.17, 15) is 13.6 Å². The molecule has 0 aromatic heterocycles. The van der Waals surface area contributed by atoms with Crippen molar-refractivity contribution in [3.05, 3.63) is 58.1 Å². The number of carboxylic acids is 1. The van der Waals surface area contributed by atoms with Crippen LogP contribution < -0.4 is 5.32 Å². The highest BCUT2D eigenvalue weighted by Crippen LogP contribution is 2.28. The van der Waals surface area contributed by atoms with E-state index in [4.69, 9.17) is 16.7 Å². The lowest BCUT2D eigenvalue weighted by Gasteiger charge is -2.13. The summed E-state index contributed by atoms with van der Waals surface area (Å²) in [6.45, 7) is 1.66. The zero-order valence-electron chi connectivity index (χ0n) is 10.4. The molecule has 0 unspecified atom stereocenters. The molecule has 3 nitrogen and oxygen atoms in total. The van der Waals surface area contributed by atoms with Crippen LogP contribution in [0.4, 0.5) is 20.2 Å². The number of rotatable bonds is 3. The Bertz CT molecular complexity index is 689. The summed E-state index contributed by atoms with van der Waals surface area (Å²) in [6, 6.07) is 6.03. The summed E-state index contributed by atoms with van der Waals surface area (Å²) >= 11 is 5.65. The van der Waals surface area contributed by atoms with Crippen LogP contribution in [-0.4, -0.2) is 11.1 Å². The van der Waals surface area contributed by atoms with E-state index in [1.165, 1.54) is 24.3 Å². The minimum atomic E-state index is -1.29. The Hall–Kier alpha value is -2.14. The third-order valence-electron chi connectivity index (χ3n) is 2.75. The molecular weight excluding hydrogens is 288 g/mol. The van der Waals surface area contributed by atoms with Gasteiger partial charge in [0.1, 0.15) is 11.6 Å². The fourth-order valence-electron chi connectivity index (χ4n) is 1.74. The molecule has 2 aromatic rings. The molecule has 0 aliphatic carbocycles. The first-order valence-electron chi connectivity index (χ1n) is 5.64. The van der Waals surface area contributed by atoms with Crippen LogP contribution in [0.1, 0.15) is 15.9 Å². The number of carboxylic acid groups (broad SMARTS) is 1. The largest absolute Gasteiger partial charge is 0.478 e. The first-order chi connectivity index (χ1) is 9.38. The average molecular weight is 298 g/mol. The lowest BCUT2D eigenvalue weighted by Crippen LogP contribution is -2.04. The van der Waals surface area contributed by atoms with E-state index < -0.39 is 17.6 Å². The van der Waals surface area contributed by atoms with Gasteiger partial charge in [-0.25, -0.2) is 13.6 Å². The van der Waals surface area contributed by atoms with Gasteiger partial charge in [-0.1, -0.05) is 11.6 Å². The van der Waals surface area contributed by atoms with Gasteiger partial charge in [0.15, 0.2) is 0 Å². The lowest BCUT2D eigenvalue weighted by molar-refractivity contribution is 0.0697. The zero-order chi connectivity index (χ0) is 14.9. The van der Waals surface area contributed by atoms with E-state index in [-0.39, 0.29) is 16.3 Å². The monoisotopic (exact) mass is 297 g/mol. The molecule has 2 N–H and O–H groups in total. The van der Waals surface area contributed by atoms with Crippen molar-refractivity contribution in [2.75, 3.05) is 5.32 Å². The number of aromatic carboxylic acids is 1. The van der Waals surface area contributed by atoms with E-state index in [2.05, 4.69) is 5.32 Å².